The summed E-state index contributed by atoms with van der Waals surface area (Å²) in [6, 6.07) is 0. The molecule has 0 saturated heterocycles. The van der Waals surface area contributed by atoms with Crippen LogP contribution in [-0.2, 0) is 0 Å². The molecule has 0 radical (unpaired) electrons. The first-order valence-corrected chi connectivity index (χ1v) is 6.48. The highest BCUT2D eigenvalue weighted by Gasteiger charge is 1.97. The fourth-order valence-electron chi connectivity index (χ4n) is 1.27. The first-order valence-electron chi connectivity index (χ1n) is 6.48. The Bertz CT molecular complexity index is 131. The first kappa shape index (κ1) is 19.1. The number of hydrogen-bond donors (Lipinski definition) is 4. The Morgan fingerprint density at radius 2 is 1.65 bits per heavy atom. The second-order valence-corrected chi connectivity index (χ2v) is 3.91. The Balaban J connectivity index is 0. The third-order valence-corrected chi connectivity index (χ3v) is 2.44. The van der Waals surface area contributed by atoms with Crippen molar-refractivity contribution in [2.45, 2.75) is 39.2 Å². The number of nitrogens with zero attached hydrogens (tertiary/aromatic N) is 1. The van der Waals surface area contributed by atoms with Crippen LogP contribution in [0.4, 0.5) is 0 Å². The third kappa shape index (κ3) is 15.8. The van der Waals surface area contributed by atoms with Gasteiger partial charge in [-0.05, 0) is 13.0 Å². The van der Waals surface area contributed by atoms with Crippen LogP contribution in [0.3, 0.4) is 0 Å². The molecule has 1 atom stereocenters. The Morgan fingerprint density at radius 3 is 1.94 bits per heavy atom. The lowest BCUT2D eigenvalue weighted by Gasteiger charge is -2.16. The quantitative estimate of drug-likeness (QED) is 0.455. The lowest BCUT2D eigenvalue weighted by atomic mass is 10.2. The van der Waals surface area contributed by atoms with E-state index in [0.29, 0.717) is 19.6 Å². The summed E-state index contributed by atoms with van der Waals surface area (Å²) >= 11 is 0. The second-order valence-electron chi connectivity index (χ2n) is 3.91. The van der Waals surface area contributed by atoms with Gasteiger partial charge in [-0.2, -0.15) is 0 Å². The highest BCUT2D eigenvalue weighted by atomic mass is 16.3. The second kappa shape index (κ2) is 15.8. The van der Waals surface area contributed by atoms with Crippen molar-refractivity contribution in [3.63, 3.8) is 0 Å². The molecule has 5 nitrogen and oxygen atoms in total. The predicted molar refractivity (Wildman–Crippen MR) is 70.9 cm³/mol. The molecule has 0 heterocycles. The van der Waals surface area contributed by atoms with Gasteiger partial charge in [-0.3, -0.25) is 4.90 Å². The minimum atomic E-state index is -0.269. The molecular formula is C12H30N2O3. The average molecular weight is 250 g/mol. The standard InChI is InChI=1S/C6H15NO2.C6H15NO/c1-2-7(3-5-8)4-6-9;1-2-3-4-6(8)5-7/h8-9H,2-6H2,1H3;6,8H,2-5,7H2,1H3. The van der Waals surface area contributed by atoms with Crippen LogP contribution in [0, 0.1) is 0 Å². The van der Waals surface area contributed by atoms with E-state index in [4.69, 9.17) is 21.1 Å². The van der Waals surface area contributed by atoms with Crippen molar-refractivity contribution < 1.29 is 15.3 Å². The van der Waals surface area contributed by atoms with Crippen molar-refractivity contribution in [2.24, 2.45) is 5.73 Å². The maximum atomic E-state index is 8.86. The molecule has 0 amide bonds. The Kier molecular flexibility index (Phi) is 17.8. The molecule has 0 bridgehead atoms. The summed E-state index contributed by atoms with van der Waals surface area (Å²) in [4.78, 5) is 1.99. The van der Waals surface area contributed by atoms with Gasteiger partial charge in [0.05, 0.1) is 19.3 Å². The van der Waals surface area contributed by atoms with Crippen LogP contribution < -0.4 is 5.73 Å². The predicted octanol–water partition coefficient (Wildman–Crippen LogP) is -0.211. The topological polar surface area (TPSA) is 90.0 Å². The molecule has 0 aromatic heterocycles. The smallest absolute Gasteiger partial charge is 0.0662 e. The number of aliphatic hydroxyl groups is 3. The molecule has 0 saturated carbocycles. The van der Waals surface area contributed by atoms with E-state index in [0.717, 1.165) is 25.8 Å². The summed E-state index contributed by atoms with van der Waals surface area (Å²) < 4.78 is 0. The van der Waals surface area contributed by atoms with Gasteiger partial charge in [0.1, 0.15) is 0 Å². The Labute approximate surface area is 105 Å². The van der Waals surface area contributed by atoms with Crippen LogP contribution in [0.25, 0.3) is 0 Å². The minimum Gasteiger partial charge on any atom is -0.395 e. The maximum Gasteiger partial charge on any atom is 0.0662 e. The molecule has 0 fully saturated rings. The zero-order chi connectivity index (χ0) is 13.5. The minimum absolute atomic E-state index is 0.174. The molecule has 0 aromatic carbocycles. The van der Waals surface area contributed by atoms with E-state index < -0.39 is 0 Å². The van der Waals surface area contributed by atoms with E-state index in [1.165, 1.54) is 0 Å². The van der Waals surface area contributed by atoms with E-state index >= 15 is 0 Å². The number of rotatable bonds is 9. The third-order valence-electron chi connectivity index (χ3n) is 2.44. The van der Waals surface area contributed by atoms with Crippen molar-refractivity contribution in [2.75, 3.05) is 39.4 Å². The Hall–Kier alpha value is -0.200. The molecule has 1 unspecified atom stereocenters. The molecule has 17 heavy (non-hydrogen) atoms. The van der Waals surface area contributed by atoms with Crippen LogP contribution in [0.2, 0.25) is 0 Å². The van der Waals surface area contributed by atoms with E-state index in [1.807, 2.05) is 11.8 Å². The SMILES string of the molecule is CCCCC(O)CN.CCN(CCO)CCO. The van der Waals surface area contributed by atoms with Gasteiger partial charge in [0.2, 0.25) is 0 Å². The lowest BCUT2D eigenvalue weighted by molar-refractivity contribution is 0.166. The summed E-state index contributed by atoms with van der Waals surface area (Å²) in [5, 5.41) is 25.8. The van der Waals surface area contributed by atoms with Gasteiger partial charge in [0.25, 0.3) is 0 Å². The number of unbranched alkanes of at least 4 members (excludes halogenated alkanes) is 1. The first-order chi connectivity index (χ1) is 8.15. The van der Waals surface area contributed by atoms with Crippen LogP contribution >= 0.6 is 0 Å². The average Bonchev–Trinajstić information content (AvgIpc) is 2.36. The molecule has 0 aromatic rings. The summed E-state index contributed by atoms with van der Waals surface area (Å²) in [6.45, 7) is 7.07. The van der Waals surface area contributed by atoms with E-state index in [9.17, 15) is 0 Å². The molecule has 0 aliphatic rings. The van der Waals surface area contributed by atoms with Gasteiger partial charge >= 0.3 is 0 Å². The molecule has 0 rings (SSSR count). The van der Waals surface area contributed by atoms with Crippen molar-refractivity contribution in [1.29, 1.82) is 0 Å². The summed E-state index contributed by atoms with van der Waals surface area (Å²) in [7, 11) is 0. The van der Waals surface area contributed by atoms with Crippen LogP contribution in [0.5, 0.6) is 0 Å². The largest absolute Gasteiger partial charge is 0.395 e. The number of aliphatic hydroxyl groups excluding tert-OH is 3. The van der Waals surface area contributed by atoms with Crippen molar-refractivity contribution in [1.82, 2.24) is 4.90 Å². The highest BCUT2D eigenvalue weighted by molar-refractivity contribution is 4.53. The monoisotopic (exact) mass is 250 g/mol. The number of likely N-dealkylation sites (N-methyl/N-ethyl adjacent to an activating group) is 1. The zero-order valence-corrected chi connectivity index (χ0v) is 11.3. The lowest BCUT2D eigenvalue weighted by Crippen LogP contribution is -2.29. The van der Waals surface area contributed by atoms with Gasteiger partial charge in [-0.25, -0.2) is 0 Å². The molecule has 0 aliphatic carbocycles. The normalized spacial score (nSPS) is 12.2. The molecule has 0 spiro atoms. The van der Waals surface area contributed by atoms with E-state index in [2.05, 4.69) is 6.92 Å². The van der Waals surface area contributed by atoms with Crippen molar-refractivity contribution >= 4 is 0 Å². The maximum absolute atomic E-state index is 8.86. The van der Waals surface area contributed by atoms with E-state index in [-0.39, 0.29) is 19.3 Å². The van der Waals surface area contributed by atoms with Gasteiger partial charge < -0.3 is 21.1 Å². The van der Waals surface area contributed by atoms with Crippen LogP contribution in [0.15, 0.2) is 0 Å². The van der Waals surface area contributed by atoms with Gasteiger partial charge in [-0.15, -0.1) is 0 Å². The van der Waals surface area contributed by atoms with Gasteiger partial charge in [0.15, 0.2) is 0 Å². The molecule has 0 aliphatic heterocycles. The summed E-state index contributed by atoms with van der Waals surface area (Å²) in [5.74, 6) is 0. The molecular weight excluding hydrogens is 220 g/mol. The fraction of sp³-hybridized carbons (Fsp3) is 1.00. The zero-order valence-electron chi connectivity index (χ0n) is 11.3. The highest BCUT2D eigenvalue weighted by Crippen LogP contribution is 1.97. The summed E-state index contributed by atoms with van der Waals surface area (Å²) in [5.41, 5.74) is 5.16. The van der Waals surface area contributed by atoms with Gasteiger partial charge in [-0.1, -0.05) is 26.7 Å². The molecule has 106 valence electrons. The van der Waals surface area contributed by atoms with Crippen LogP contribution in [-0.4, -0.2) is 65.7 Å². The van der Waals surface area contributed by atoms with Crippen LogP contribution in [0.1, 0.15) is 33.1 Å². The Morgan fingerprint density at radius 1 is 1.12 bits per heavy atom. The number of hydrogen-bond acceptors (Lipinski definition) is 5. The van der Waals surface area contributed by atoms with Crippen molar-refractivity contribution in [3.8, 4) is 0 Å². The molecule has 5 heteroatoms. The van der Waals surface area contributed by atoms with E-state index in [1.54, 1.807) is 0 Å². The summed E-state index contributed by atoms with van der Waals surface area (Å²) in [6.07, 6.45) is 2.80. The van der Waals surface area contributed by atoms with Crippen molar-refractivity contribution in [3.05, 3.63) is 0 Å². The van der Waals surface area contributed by atoms with Gasteiger partial charge in [0, 0.05) is 19.6 Å². The number of nitrogens with two attached hydrogens (primary N) is 1. The fourth-order valence-corrected chi connectivity index (χ4v) is 1.27. The molecule has 5 N–H and O–H groups in total.